The third-order valence-corrected chi connectivity index (χ3v) is 10.8. The number of carbonyl (C=O) groups excluding carboxylic acids is 1. The number of hydrogen-bond acceptors (Lipinski definition) is 6. The quantitative estimate of drug-likeness (QED) is 0.287. The molecule has 0 radical (unpaired) electrons. The van der Waals surface area contributed by atoms with Gasteiger partial charge in [0.25, 0.3) is 10.0 Å². The molecule has 2 aromatic carbocycles. The molecule has 5 rings (SSSR count). The lowest BCUT2D eigenvalue weighted by Gasteiger charge is -2.28. The number of halogens is 1. The fourth-order valence-electron chi connectivity index (χ4n) is 4.41. The first-order valence-corrected chi connectivity index (χ1v) is 14.8. The van der Waals surface area contributed by atoms with Gasteiger partial charge in [-0.15, -0.1) is 11.3 Å². The molecule has 0 spiro atoms. The summed E-state index contributed by atoms with van der Waals surface area (Å²) >= 11 is 8.48. The first-order valence-electron chi connectivity index (χ1n) is 11.4. The van der Waals surface area contributed by atoms with Gasteiger partial charge in [0.1, 0.15) is 10.3 Å². The number of thiazole rings is 1. The average molecular weight is 546 g/mol. The Hall–Kier alpha value is -2.30. The van der Waals surface area contributed by atoms with E-state index in [1.54, 1.807) is 11.0 Å². The summed E-state index contributed by atoms with van der Waals surface area (Å²) in [5.74, 6) is -0.255. The van der Waals surface area contributed by atoms with Crippen LogP contribution in [0.25, 0.3) is 10.2 Å². The molecule has 6 nitrogen and oxygen atoms in total. The predicted octanol–water partition coefficient (Wildman–Crippen LogP) is 5.96. The number of aromatic nitrogens is 1. The minimum atomic E-state index is -3.83. The summed E-state index contributed by atoms with van der Waals surface area (Å²) in [7, 11) is -3.83. The molecule has 0 aliphatic carbocycles. The minimum Gasteiger partial charge on any atom is -0.282 e. The molecule has 182 valence electrons. The number of carbonyl (C=O) groups is 1. The summed E-state index contributed by atoms with van der Waals surface area (Å²) in [4.78, 5) is 20.6. The number of hydrogen-bond donors (Lipinski definition) is 0. The fourth-order valence-corrected chi connectivity index (χ4v) is 8.69. The van der Waals surface area contributed by atoms with E-state index in [-0.39, 0.29) is 10.1 Å². The first kappa shape index (κ1) is 24.4. The number of fused-ring (bicyclic) bond motifs is 1. The Morgan fingerprint density at radius 1 is 1.11 bits per heavy atom. The highest BCUT2D eigenvalue weighted by atomic mass is 35.5. The Morgan fingerprint density at radius 3 is 2.63 bits per heavy atom. The highest BCUT2D eigenvalue weighted by Gasteiger charge is 2.42. The van der Waals surface area contributed by atoms with Crippen LogP contribution in [-0.4, -0.2) is 36.2 Å². The topological polar surface area (TPSA) is 70.6 Å². The van der Waals surface area contributed by atoms with Crippen molar-refractivity contribution in [3.8, 4) is 0 Å². The van der Waals surface area contributed by atoms with E-state index in [4.69, 9.17) is 16.6 Å². The molecular formula is C25H24ClN3O3S3. The maximum atomic E-state index is 14.0. The van der Waals surface area contributed by atoms with Crippen molar-refractivity contribution in [2.45, 2.75) is 43.0 Å². The smallest absolute Gasteiger partial charge is 0.253 e. The van der Waals surface area contributed by atoms with Crippen LogP contribution in [0, 0.1) is 0 Å². The van der Waals surface area contributed by atoms with E-state index in [2.05, 4.69) is 6.92 Å². The van der Waals surface area contributed by atoms with Crippen LogP contribution in [0.5, 0.6) is 0 Å². The molecule has 3 heterocycles. The Labute approximate surface area is 217 Å². The third-order valence-electron chi connectivity index (χ3n) is 6.15. The predicted molar refractivity (Wildman–Crippen MR) is 143 cm³/mol. The SMILES string of the molecule is CCc1cccc2sc(N(Cc3ccccc3)C(=O)C3CCCN3S(=O)(=O)c3ccc(Cl)s3)nc12. The molecular weight excluding hydrogens is 522 g/mol. The molecule has 1 atom stereocenters. The molecule has 2 aromatic heterocycles. The second-order valence-corrected chi connectivity index (χ2v) is 13.2. The van der Waals surface area contributed by atoms with Gasteiger partial charge in [-0.25, -0.2) is 13.4 Å². The number of nitrogens with zero attached hydrogens (tertiary/aromatic N) is 3. The van der Waals surface area contributed by atoms with E-state index in [1.807, 2.05) is 48.5 Å². The van der Waals surface area contributed by atoms with Gasteiger partial charge in [-0.3, -0.25) is 9.69 Å². The first-order chi connectivity index (χ1) is 16.9. The second kappa shape index (κ2) is 9.99. The van der Waals surface area contributed by atoms with Crippen molar-refractivity contribution >= 4 is 65.6 Å². The summed E-state index contributed by atoms with van der Waals surface area (Å²) in [5, 5.41) is 0.582. The third kappa shape index (κ3) is 4.75. The van der Waals surface area contributed by atoms with Crippen molar-refractivity contribution < 1.29 is 13.2 Å². The molecule has 1 saturated heterocycles. The van der Waals surface area contributed by atoms with Crippen LogP contribution in [-0.2, 0) is 27.8 Å². The van der Waals surface area contributed by atoms with E-state index in [0.717, 1.165) is 39.1 Å². The van der Waals surface area contributed by atoms with Crippen LogP contribution < -0.4 is 4.90 Å². The Morgan fingerprint density at radius 2 is 1.91 bits per heavy atom. The number of amides is 1. The van der Waals surface area contributed by atoms with Gasteiger partial charge in [-0.2, -0.15) is 4.31 Å². The normalized spacial score (nSPS) is 16.7. The molecule has 0 saturated carbocycles. The maximum absolute atomic E-state index is 14.0. The van der Waals surface area contributed by atoms with E-state index in [9.17, 15) is 13.2 Å². The van der Waals surface area contributed by atoms with Crippen LogP contribution in [0.4, 0.5) is 5.13 Å². The van der Waals surface area contributed by atoms with Gasteiger partial charge < -0.3 is 0 Å². The number of sulfonamides is 1. The average Bonchev–Trinajstić information content (AvgIpc) is 3.62. The van der Waals surface area contributed by atoms with Gasteiger partial charge in [-0.05, 0) is 48.6 Å². The van der Waals surface area contributed by atoms with Crippen LogP contribution in [0.2, 0.25) is 4.34 Å². The van der Waals surface area contributed by atoms with Crippen molar-refractivity contribution in [1.29, 1.82) is 0 Å². The van der Waals surface area contributed by atoms with Crippen molar-refractivity contribution in [1.82, 2.24) is 9.29 Å². The van der Waals surface area contributed by atoms with Gasteiger partial charge in [0.15, 0.2) is 5.13 Å². The summed E-state index contributed by atoms with van der Waals surface area (Å²) in [6.07, 6.45) is 1.92. The highest BCUT2D eigenvalue weighted by Crippen LogP contribution is 2.36. The lowest BCUT2D eigenvalue weighted by molar-refractivity contribution is -0.121. The van der Waals surface area contributed by atoms with Crippen LogP contribution >= 0.6 is 34.3 Å². The van der Waals surface area contributed by atoms with Gasteiger partial charge in [0.2, 0.25) is 5.91 Å². The number of rotatable bonds is 7. The van der Waals surface area contributed by atoms with Gasteiger partial charge >= 0.3 is 0 Å². The molecule has 4 aromatic rings. The van der Waals surface area contributed by atoms with Crippen molar-refractivity contribution in [2.75, 3.05) is 11.4 Å². The molecule has 1 unspecified atom stereocenters. The number of para-hydroxylation sites is 1. The Bertz CT molecular complexity index is 1470. The van der Waals surface area contributed by atoms with E-state index < -0.39 is 16.1 Å². The summed E-state index contributed by atoms with van der Waals surface area (Å²) < 4.78 is 29.7. The lowest BCUT2D eigenvalue weighted by Crippen LogP contribution is -2.47. The minimum absolute atomic E-state index is 0.157. The number of benzene rings is 2. The zero-order valence-electron chi connectivity index (χ0n) is 19.1. The van der Waals surface area contributed by atoms with Gasteiger partial charge in [0.05, 0.1) is 21.1 Å². The maximum Gasteiger partial charge on any atom is 0.253 e. The van der Waals surface area contributed by atoms with E-state index in [1.165, 1.54) is 21.7 Å². The lowest BCUT2D eigenvalue weighted by atomic mass is 10.1. The van der Waals surface area contributed by atoms with E-state index >= 15 is 0 Å². The molecule has 1 aliphatic heterocycles. The molecule has 0 N–H and O–H groups in total. The summed E-state index contributed by atoms with van der Waals surface area (Å²) in [6, 6.07) is 18.1. The largest absolute Gasteiger partial charge is 0.282 e. The van der Waals surface area contributed by atoms with Crippen LogP contribution in [0.3, 0.4) is 0 Å². The number of aryl methyl sites for hydroxylation is 1. The Balaban J connectivity index is 1.54. The monoisotopic (exact) mass is 545 g/mol. The Kier molecular flexibility index (Phi) is 6.96. The van der Waals surface area contributed by atoms with Crippen LogP contribution in [0.1, 0.15) is 30.9 Å². The standard InChI is InChI=1S/C25H24ClN3O3S3/c1-2-18-10-6-12-20-23(18)27-25(33-20)28(16-17-8-4-3-5-9-17)24(30)19-11-7-15-29(19)35(31,32)22-14-13-21(26)34-22/h3-6,8-10,12-14,19H,2,7,11,15-16H2,1H3. The molecule has 0 bridgehead atoms. The molecule has 1 amide bonds. The zero-order valence-corrected chi connectivity index (χ0v) is 22.3. The number of anilines is 1. The van der Waals surface area contributed by atoms with Crippen molar-refractivity contribution in [2.24, 2.45) is 0 Å². The van der Waals surface area contributed by atoms with E-state index in [0.29, 0.717) is 35.4 Å². The summed E-state index contributed by atoms with van der Waals surface area (Å²) in [5.41, 5.74) is 2.97. The summed E-state index contributed by atoms with van der Waals surface area (Å²) in [6.45, 7) is 2.70. The molecule has 35 heavy (non-hydrogen) atoms. The molecule has 1 aliphatic rings. The van der Waals surface area contributed by atoms with Gasteiger partial charge in [0, 0.05) is 6.54 Å². The van der Waals surface area contributed by atoms with Gasteiger partial charge in [-0.1, -0.05) is 72.3 Å². The zero-order chi connectivity index (χ0) is 24.6. The molecule has 10 heteroatoms. The second-order valence-electron chi connectivity index (χ2n) is 8.36. The van der Waals surface area contributed by atoms with Crippen molar-refractivity contribution in [3.63, 3.8) is 0 Å². The fraction of sp³-hybridized carbons (Fsp3) is 0.280. The van der Waals surface area contributed by atoms with Crippen molar-refractivity contribution in [3.05, 3.63) is 76.1 Å². The molecule has 1 fully saturated rings. The highest BCUT2D eigenvalue weighted by molar-refractivity contribution is 7.91. The van der Waals surface area contributed by atoms with Crippen LogP contribution in [0.15, 0.2) is 64.9 Å². The number of thiophene rings is 1.